The molecular weight excluding hydrogens is 419 g/mol. The first-order valence-electron chi connectivity index (χ1n) is 8.58. The summed E-state index contributed by atoms with van der Waals surface area (Å²) in [7, 11) is -4.62. The number of rotatable bonds is 9. The number of benzene rings is 2. The maximum atomic E-state index is 13.7. The van der Waals surface area contributed by atoms with E-state index in [-0.39, 0.29) is 28.7 Å². The predicted octanol–water partition coefficient (Wildman–Crippen LogP) is 2.10. The molecule has 0 aliphatic heterocycles. The number of ether oxygens (including phenoxy) is 1. The van der Waals surface area contributed by atoms with Gasteiger partial charge in [-0.1, -0.05) is 24.3 Å². The molecule has 7 nitrogen and oxygen atoms in total. The normalized spacial score (nSPS) is 12.9. The summed E-state index contributed by atoms with van der Waals surface area (Å²) < 4.78 is 69.6. The summed E-state index contributed by atoms with van der Waals surface area (Å²) in [6, 6.07) is 12.0. The maximum absolute atomic E-state index is 13.7. The van der Waals surface area contributed by atoms with Crippen LogP contribution >= 0.6 is 0 Å². The van der Waals surface area contributed by atoms with Crippen molar-refractivity contribution in [3.05, 3.63) is 66.0 Å². The molecule has 0 radical (unpaired) electrons. The van der Waals surface area contributed by atoms with E-state index in [1.165, 1.54) is 44.4 Å². The number of hydrogen-bond donors (Lipinski definition) is 1. The summed E-state index contributed by atoms with van der Waals surface area (Å²) in [4.78, 5) is 0.00349. The quantitative estimate of drug-likeness (QED) is 0.637. The van der Waals surface area contributed by atoms with Crippen molar-refractivity contribution in [2.24, 2.45) is 5.73 Å². The fourth-order valence-electron chi connectivity index (χ4n) is 2.40. The van der Waals surface area contributed by atoms with Gasteiger partial charge in [0.05, 0.1) is 4.90 Å². The van der Waals surface area contributed by atoms with Crippen LogP contribution < -0.4 is 10.5 Å². The van der Waals surface area contributed by atoms with Gasteiger partial charge in [-0.2, -0.15) is 0 Å². The molecule has 0 fully saturated rings. The second kappa shape index (κ2) is 9.49. The fourth-order valence-corrected chi connectivity index (χ4v) is 4.66. The molecule has 2 aromatic carbocycles. The van der Waals surface area contributed by atoms with E-state index < -0.39 is 31.4 Å². The fraction of sp³-hybridized carbons (Fsp3) is 0.263. The van der Waals surface area contributed by atoms with E-state index in [4.69, 9.17) is 10.5 Å². The highest BCUT2D eigenvalue weighted by Gasteiger charge is 2.22. The number of hydrogen-bond acceptors (Lipinski definition) is 6. The van der Waals surface area contributed by atoms with E-state index in [2.05, 4.69) is 0 Å². The minimum Gasteiger partial charge on any atom is -0.488 e. The Morgan fingerprint density at radius 2 is 1.69 bits per heavy atom. The first kappa shape index (κ1) is 23.0. The van der Waals surface area contributed by atoms with Gasteiger partial charge in [0.15, 0.2) is 9.84 Å². The van der Waals surface area contributed by atoms with Crippen molar-refractivity contribution in [3.8, 4) is 5.75 Å². The Morgan fingerprint density at radius 3 is 2.28 bits per heavy atom. The molecule has 0 spiro atoms. The van der Waals surface area contributed by atoms with Crippen LogP contribution in [0.4, 0.5) is 4.39 Å². The topological polar surface area (TPSA) is 107 Å². The van der Waals surface area contributed by atoms with Crippen LogP contribution in [0.3, 0.4) is 0 Å². The Kier molecular flexibility index (Phi) is 7.53. The minimum atomic E-state index is -3.96. The third-order valence-electron chi connectivity index (χ3n) is 3.95. The maximum Gasteiger partial charge on any atom is 0.242 e. The van der Waals surface area contributed by atoms with Crippen molar-refractivity contribution in [1.82, 2.24) is 4.31 Å². The first-order valence-corrected chi connectivity index (χ1v) is 11.7. The van der Waals surface area contributed by atoms with E-state index in [0.29, 0.717) is 5.56 Å². The Labute approximate surface area is 170 Å². The number of sulfone groups is 1. The zero-order valence-electron chi connectivity index (χ0n) is 16.1. The zero-order chi connectivity index (χ0) is 21.7. The largest absolute Gasteiger partial charge is 0.488 e. The number of halogens is 1. The molecule has 2 aromatic rings. The standard InChI is InChI=1S/C19H23FN2O5S2/c1-22(2)29(25,26)17-9-7-15(8-10-17)13-27-18-5-3-4-6-19(18)28(23,24)14-16(20)11-12-21/h3-11H,12-14,21H2,1-2H3/b16-11-. The smallest absolute Gasteiger partial charge is 0.242 e. The summed E-state index contributed by atoms with van der Waals surface area (Å²) in [6.45, 7) is -0.0883. The van der Waals surface area contributed by atoms with Gasteiger partial charge in [0.1, 0.15) is 28.8 Å². The van der Waals surface area contributed by atoms with Crippen LogP contribution in [0.5, 0.6) is 5.75 Å². The SMILES string of the molecule is CN(C)S(=O)(=O)c1ccc(COc2ccccc2S(=O)(=O)C/C(F)=C/CN)cc1. The van der Waals surface area contributed by atoms with Crippen LogP contribution in [0.15, 0.2) is 70.2 Å². The molecular formula is C19H23FN2O5S2. The van der Waals surface area contributed by atoms with Gasteiger partial charge in [-0.3, -0.25) is 0 Å². The van der Waals surface area contributed by atoms with Crippen molar-refractivity contribution in [3.63, 3.8) is 0 Å². The predicted molar refractivity (Wildman–Crippen MR) is 108 cm³/mol. The molecule has 0 aliphatic rings. The highest BCUT2D eigenvalue weighted by Crippen LogP contribution is 2.27. The van der Waals surface area contributed by atoms with Crippen LogP contribution in [0, 0.1) is 0 Å². The summed E-state index contributed by atoms with van der Waals surface area (Å²) in [5, 5.41) is 0. The van der Waals surface area contributed by atoms with E-state index in [1.54, 1.807) is 18.2 Å². The molecule has 0 aliphatic carbocycles. The lowest BCUT2D eigenvalue weighted by Gasteiger charge is -2.13. The Bertz CT molecular complexity index is 1080. The highest BCUT2D eigenvalue weighted by molar-refractivity contribution is 7.91. The lowest BCUT2D eigenvalue weighted by molar-refractivity contribution is 0.298. The van der Waals surface area contributed by atoms with Gasteiger partial charge in [0.2, 0.25) is 10.0 Å². The molecule has 0 bridgehead atoms. The highest BCUT2D eigenvalue weighted by atomic mass is 32.2. The molecule has 0 saturated carbocycles. The van der Waals surface area contributed by atoms with Gasteiger partial charge in [-0.05, 0) is 35.9 Å². The third kappa shape index (κ3) is 5.86. The monoisotopic (exact) mass is 442 g/mol. The molecule has 0 aromatic heterocycles. The number of nitrogens with two attached hydrogens (primary N) is 1. The molecule has 10 heteroatoms. The van der Waals surface area contributed by atoms with Crippen LogP contribution in [0.2, 0.25) is 0 Å². The minimum absolute atomic E-state index is 0.00987. The second-order valence-corrected chi connectivity index (χ2v) is 10.4. The van der Waals surface area contributed by atoms with E-state index in [9.17, 15) is 21.2 Å². The average Bonchev–Trinajstić information content (AvgIpc) is 2.66. The number of sulfonamides is 1. The van der Waals surface area contributed by atoms with Crippen molar-refractivity contribution in [2.75, 3.05) is 26.4 Å². The molecule has 0 saturated heterocycles. The van der Waals surface area contributed by atoms with Crippen molar-refractivity contribution in [1.29, 1.82) is 0 Å². The van der Waals surface area contributed by atoms with E-state index in [1.807, 2.05) is 0 Å². The zero-order valence-corrected chi connectivity index (χ0v) is 17.7. The molecule has 0 unspecified atom stereocenters. The Balaban J connectivity index is 2.19. The van der Waals surface area contributed by atoms with E-state index >= 15 is 0 Å². The van der Waals surface area contributed by atoms with E-state index in [0.717, 1.165) is 10.4 Å². The second-order valence-electron chi connectivity index (χ2n) is 6.31. The lowest BCUT2D eigenvalue weighted by atomic mass is 10.2. The molecule has 0 heterocycles. The van der Waals surface area contributed by atoms with Crippen LogP contribution in [0.25, 0.3) is 0 Å². The third-order valence-corrected chi connectivity index (χ3v) is 7.44. The van der Waals surface area contributed by atoms with Gasteiger partial charge in [-0.15, -0.1) is 0 Å². The van der Waals surface area contributed by atoms with Gasteiger partial charge in [0, 0.05) is 20.6 Å². The summed E-state index contributed by atoms with van der Waals surface area (Å²) >= 11 is 0. The number of para-hydroxylation sites is 1. The van der Waals surface area contributed by atoms with Gasteiger partial charge >= 0.3 is 0 Å². The molecule has 0 amide bonds. The van der Waals surface area contributed by atoms with Crippen molar-refractivity contribution >= 4 is 19.9 Å². The molecule has 2 rings (SSSR count). The first-order chi connectivity index (χ1) is 13.6. The van der Waals surface area contributed by atoms with Crippen molar-refractivity contribution in [2.45, 2.75) is 16.4 Å². The van der Waals surface area contributed by atoms with Crippen LogP contribution in [-0.4, -0.2) is 47.5 Å². The van der Waals surface area contributed by atoms with Crippen LogP contribution in [0.1, 0.15) is 5.56 Å². The lowest BCUT2D eigenvalue weighted by Crippen LogP contribution is -2.22. The summed E-state index contributed by atoms with van der Waals surface area (Å²) in [5.74, 6) is -1.56. The van der Waals surface area contributed by atoms with Gasteiger partial charge in [-0.25, -0.2) is 25.5 Å². The molecule has 158 valence electrons. The number of nitrogens with zero attached hydrogens (tertiary/aromatic N) is 1. The van der Waals surface area contributed by atoms with Gasteiger partial charge in [0.25, 0.3) is 0 Å². The molecule has 0 atom stereocenters. The van der Waals surface area contributed by atoms with Crippen LogP contribution in [-0.2, 0) is 26.5 Å². The molecule has 2 N–H and O–H groups in total. The average molecular weight is 443 g/mol. The Morgan fingerprint density at radius 1 is 1.07 bits per heavy atom. The Hall–Kier alpha value is -2.27. The summed E-state index contributed by atoms with van der Waals surface area (Å²) in [6.07, 6.45) is 1.00. The van der Waals surface area contributed by atoms with Crippen molar-refractivity contribution < 1.29 is 26.0 Å². The van der Waals surface area contributed by atoms with Gasteiger partial charge < -0.3 is 10.5 Å². The summed E-state index contributed by atoms with van der Waals surface area (Å²) in [5.41, 5.74) is 5.85. The molecule has 29 heavy (non-hydrogen) atoms.